The van der Waals surface area contributed by atoms with Gasteiger partial charge in [-0.2, -0.15) is 0 Å². The minimum atomic E-state index is -0.485. The third kappa shape index (κ3) is 3.75. The molecular formula is C22H20O4. The highest BCUT2D eigenvalue weighted by molar-refractivity contribution is 6.02. The Kier molecular flexibility index (Phi) is 5.03. The molecule has 26 heavy (non-hydrogen) atoms. The highest BCUT2D eigenvalue weighted by atomic mass is 16.5. The van der Waals surface area contributed by atoms with E-state index in [0.29, 0.717) is 11.1 Å². The van der Waals surface area contributed by atoms with E-state index < -0.39 is 5.97 Å². The lowest BCUT2D eigenvalue weighted by Gasteiger charge is -2.08. The van der Waals surface area contributed by atoms with E-state index in [4.69, 9.17) is 9.47 Å². The first kappa shape index (κ1) is 17.7. The van der Waals surface area contributed by atoms with Crippen LogP contribution >= 0.6 is 0 Å². The van der Waals surface area contributed by atoms with Crippen LogP contribution in [0.4, 0.5) is 0 Å². The zero-order valence-electron chi connectivity index (χ0n) is 15.0. The largest absolute Gasteiger partial charge is 0.497 e. The molecule has 0 aliphatic carbocycles. The number of aryl methyl sites for hydroxylation is 2. The summed E-state index contributed by atoms with van der Waals surface area (Å²) in [6.45, 7) is 3.53. The Morgan fingerprint density at radius 3 is 2.35 bits per heavy atom. The van der Waals surface area contributed by atoms with Gasteiger partial charge < -0.3 is 9.47 Å². The van der Waals surface area contributed by atoms with Gasteiger partial charge in [0.2, 0.25) is 0 Å². The van der Waals surface area contributed by atoms with Crippen molar-refractivity contribution in [1.29, 1.82) is 0 Å². The summed E-state index contributed by atoms with van der Waals surface area (Å²) in [5, 5.41) is 1.91. The second kappa shape index (κ2) is 7.40. The molecule has 4 heteroatoms. The number of esters is 1. The molecule has 0 amide bonds. The Morgan fingerprint density at radius 2 is 1.62 bits per heavy atom. The molecule has 0 saturated heterocycles. The second-order valence-electron chi connectivity index (χ2n) is 6.25. The van der Waals surface area contributed by atoms with E-state index in [1.165, 1.54) is 0 Å². The van der Waals surface area contributed by atoms with Crippen LogP contribution in [0, 0.1) is 13.8 Å². The van der Waals surface area contributed by atoms with Crippen molar-refractivity contribution in [2.24, 2.45) is 0 Å². The van der Waals surface area contributed by atoms with Gasteiger partial charge in [-0.1, -0.05) is 35.9 Å². The van der Waals surface area contributed by atoms with Crippen LogP contribution in [0.1, 0.15) is 31.8 Å². The summed E-state index contributed by atoms with van der Waals surface area (Å²) < 4.78 is 10.4. The number of Topliss-reactive ketones (excluding diaryl/α,β-unsaturated/α-hetero) is 1. The van der Waals surface area contributed by atoms with Crippen molar-refractivity contribution >= 4 is 22.5 Å². The van der Waals surface area contributed by atoms with Gasteiger partial charge in [0.1, 0.15) is 5.75 Å². The van der Waals surface area contributed by atoms with E-state index in [-0.39, 0.29) is 12.4 Å². The number of ether oxygens (including phenoxy) is 2. The van der Waals surface area contributed by atoms with Crippen LogP contribution in [-0.2, 0) is 4.74 Å². The van der Waals surface area contributed by atoms with Gasteiger partial charge in [-0.25, -0.2) is 4.79 Å². The predicted octanol–water partition coefficient (Wildman–Crippen LogP) is 4.50. The lowest BCUT2D eigenvalue weighted by atomic mass is 10.0. The SMILES string of the molecule is COc1ccc2cc(C(=O)COC(=O)c3ccc(C)cc3C)ccc2c1. The van der Waals surface area contributed by atoms with Crippen LogP contribution in [0.5, 0.6) is 5.75 Å². The Hall–Kier alpha value is -3.14. The second-order valence-corrected chi connectivity index (χ2v) is 6.25. The molecule has 0 heterocycles. The third-order valence-corrected chi connectivity index (χ3v) is 4.31. The van der Waals surface area contributed by atoms with Gasteiger partial charge in [-0.05, 0) is 54.4 Å². The first-order chi connectivity index (χ1) is 12.5. The molecule has 0 atom stereocenters. The molecule has 0 bridgehead atoms. The summed E-state index contributed by atoms with van der Waals surface area (Å²) in [5.41, 5.74) is 2.90. The number of hydrogen-bond donors (Lipinski definition) is 0. The molecule has 0 unspecified atom stereocenters. The first-order valence-electron chi connectivity index (χ1n) is 8.33. The fraction of sp³-hybridized carbons (Fsp3) is 0.182. The van der Waals surface area contributed by atoms with E-state index in [1.54, 1.807) is 25.3 Å². The molecule has 132 valence electrons. The average Bonchev–Trinajstić information content (AvgIpc) is 2.64. The highest BCUT2D eigenvalue weighted by Gasteiger charge is 2.14. The third-order valence-electron chi connectivity index (χ3n) is 4.31. The summed E-state index contributed by atoms with van der Waals surface area (Å²) in [5.74, 6) is 0.0428. The van der Waals surface area contributed by atoms with Crippen LogP contribution in [-0.4, -0.2) is 25.5 Å². The lowest BCUT2D eigenvalue weighted by molar-refractivity contribution is 0.0474. The van der Waals surface area contributed by atoms with Crippen LogP contribution in [0.25, 0.3) is 10.8 Å². The van der Waals surface area contributed by atoms with Gasteiger partial charge in [0.05, 0.1) is 12.7 Å². The van der Waals surface area contributed by atoms with Crippen LogP contribution in [0.15, 0.2) is 54.6 Å². The number of carbonyl (C=O) groups excluding carboxylic acids is 2. The molecule has 3 rings (SSSR count). The van der Waals surface area contributed by atoms with Crippen molar-refractivity contribution < 1.29 is 19.1 Å². The Bertz CT molecular complexity index is 989. The molecule has 0 aliphatic rings. The number of benzene rings is 3. The molecule has 0 N–H and O–H groups in total. The van der Waals surface area contributed by atoms with Gasteiger partial charge in [0.15, 0.2) is 12.4 Å². The minimum absolute atomic E-state index is 0.235. The van der Waals surface area contributed by atoms with Crippen LogP contribution < -0.4 is 4.74 Å². The van der Waals surface area contributed by atoms with Crippen molar-refractivity contribution in [3.8, 4) is 5.75 Å². The number of hydrogen-bond acceptors (Lipinski definition) is 4. The average molecular weight is 348 g/mol. The number of ketones is 1. The predicted molar refractivity (Wildman–Crippen MR) is 101 cm³/mol. The van der Waals surface area contributed by atoms with Crippen molar-refractivity contribution in [1.82, 2.24) is 0 Å². The fourth-order valence-electron chi connectivity index (χ4n) is 2.86. The number of methoxy groups -OCH3 is 1. The van der Waals surface area contributed by atoms with E-state index in [1.807, 2.05) is 50.2 Å². The lowest BCUT2D eigenvalue weighted by Crippen LogP contribution is -2.15. The van der Waals surface area contributed by atoms with E-state index in [2.05, 4.69) is 0 Å². The number of fused-ring (bicyclic) bond motifs is 1. The maximum absolute atomic E-state index is 12.4. The number of rotatable bonds is 5. The number of carbonyl (C=O) groups is 2. The Labute approximate surface area is 152 Å². The molecule has 0 aromatic heterocycles. The molecule has 0 fully saturated rings. The van der Waals surface area contributed by atoms with Gasteiger partial charge in [0, 0.05) is 5.56 Å². The van der Waals surface area contributed by atoms with E-state index in [0.717, 1.165) is 27.6 Å². The van der Waals surface area contributed by atoms with Crippen molar-refractivity contribution in [2.45, 2.75) is 13.8 Å². The Morgan fingerprint density at radius 1 is 0.885 bits per heavy atom. The van der Waals surface area contributed by atoms with Gasteiger partial charge in [-0.3, -0.25) is 4.79 Å². The minimum Gasteiger partial charge on any atom is -0.497 e. The standard InChI is InChI=1S/C22H20O4/c1-14-4-9-20(15(2)10-14)22(24)26-13-21(23)18-6-5-17-12-19(25-3)8-7-16(17)11-18/h4-12H,13H2,1-3H3. The molecule has 3 aromatic carbocycles. The normalized spacial score (nSPS) is 10.6. The molecule has 0 radical (unpaired) electrons. The Balaban J connectivity index is 1.71. The maximum Gasteiger partial charge on any atom is 0.338 e. The van der Waals surface area contributed by atoms with E-state index in [9.17, 15) is 9.59 Å². The van der Waals surface area contributed by atoms with Crippen molar-refractivity contribution in [2.75, 3.05) is 13.7 Å². The monoisotopic (exact) mass is 348 g/mol. The zero-order chi connectivity index (χ0) is 18.7. The molecule has 0 spiro atoms. The van der Waals surface area contributed by atoms with Gasteiger partial charge in [0.25, 0.3) is 0 Å². The topological polar surface area (TPSA) is 52.6 Å². The first-order valence-corrected chi connectivity index (χ1v) is 8.33. The summed E-state index contributed by atoms with van der Waals surface area (Å²) >= 11 is 0. The van der Waals surface area contributed by atoms with Gasteiger partial charge in [-0.15, -0.1) is 0 Å². The molecule has 0 saturated carbocycles. The summed E-state index contributed by atoms with van der Waals surface area (Å²) in [6.07, 6.45) is 0. The van der Waals surface area contributed by atoms with Crippen LogP contribution in [0.3, 0.4) is 0 Å². The summed E-state index contributed by atoms with van der Waals surface area (Å²) in [6, 6.07) is 16.5. The van der Waals surface area contributed by atoms with Gasteiger partial charge >= 0.3 is 5.97 Å². The summed E-state index contributed by atoms with van der Waals surface area (Å²) in [7, 11) is 1.61. The van der Waals surface area contributed by atoms with E-state index >= 15 is 0 Å². The van der Waals surface area contributed by atoms with Crippen molar-refractivity contribution in [3.63, 3.8) is 0 Å². The molecular weight excluding hydrogens is 328 g/mol. The molecule has 3 aromatic rings. The molecule has 0 aliphatic heterocycles. The van der Waals surface area contributed by atoms with Crippen molar-refractivity contribution in [3.05, 3.63) is 76.9 Å². The maximum atomic E-state index is 12.4. The quantitative estimate of drug-likeness (QED) is 0.503. The zero-order valence-corrected chi connectivity index (χ0v) is 15.0. The summed E-state index contributed by atoms with van der Waals surface area (Å²) in [4.78, 5) is 24.6. The van der Waals surface area contributed by atoms with Crippen LogP contribution in [0.2, 0.25) is 0 Å². The molecule has 4 nitrogen and oxygen atoms in total. The highest BCUT2D eigenvalue weighted by Crippen LogP contribution is 2.22. The smallest absolute Gasteiger partial charge is 0.338 e. The fourth-order valence-corrected chi connectivity index (χ4v) is 2.86.